The fourth-order valence-corrected chi connectivity index (χ4v) is 4.03. The summed E-state index contributed by atoms with van der Waals surface area (Å²) in [4.78, 5) is 17.5. The molecule has 1 unspecified atom stereocenters. The summed E-state index contributed by atoms with van der Waals surface area (Å²) in [6.45, 7) is 0. The van der Waals surface area contributed by atoms with E-state index in [1.807, 2.05) is 36.4 Å². The number of halogens is 1. The summed E-state index contributed by atoms with van der Waals surface area (Å²) in [6, 6.07) is 23.2. The Morgan fingerprint density at radius 1 is 0.893 bits per heavy atom. The number of rotatable bonds is 4. The van der Waals surface area contributed by atoms with Crippen LogP contribution in [0.4, 0.5) is 10.1 Å². The normalized spacial score (nSPS) is 25.1. The summed E-state index contributed by atoms with van der Waals surface area (Å²) < 4.78 is 14.5. The first kappa shape index (κ1) is 16.8. The molecular formula is C22H16FN3O2. The van der Waals surface area contributed by atoms with Crippen molar-refractivity contribution in [1.29, 1.82) is 0 Å². The minimum atomic E-state index is -0.406. The number of nitrogens with zero attached hydrogens (tertiary/aromatic N) is 3. The molecule has 3 aromatic rings. The van der Waals surface area contributed by atoms with E-state index in [1.165, 1.54) is 18.2 Å². The van der Waals surface area contributed by atoms with E-state index in [0.717, 1.165) is 16.8 Å². The summed E-state index contributed by atoms with van der Waals surface area (Å²) in [5.41, 5.74) is 3.52. The first-order chi connectivity index (χ1) is 13.6. The van der Waals surface area contributed by atoms with Gasteiger partial charge in [-0.1, -0.05) is 60.7 Å². The van der Waals surface area contributed by atoms with E-state index in [2.05, 4.69) is 4.90 Å². The smallest absolute Gasteiger partial charge is 0.263 e. The van der Waals surface area contributed by atoms with Crippen molar-refractivity contribution in [2.24, 2.45) is 4.99 Å². The summed E-state index contributed by atoms with van der Waals surface area (Å²) in [5.74, 6) is -0.279. The second-order valence-electron chi connectivity index (χ2n) is 6.96. The molecule has 4 atom stereocenters. The zero-order chi connectivity index (χ0) is 19.3. The second-order valence-corrected chi connectivity index (χ2v) is 6.96. The Balaban J connectivity index is 1.55. The summed E-state index contributed by atoms with van der Waals surface area (Å²) in [5, 5.41) is 10.9. The van der Waals surface area contributed by atoms with Crippen LogP contribution < -0.4 is 0 Å². The number of nitro benzene ring substituents is 1. The van der Waals surface area contributed by atoms with Crippen molar-refractivity contribution in [2.45, 2.75) is 18.2 Å². The van der Waals surface area contributed by atoms with Gasteiger partial charge in [-0.15, -0.1) is 0 Å². The lowest BCUT2D eigenvalue weighted by Gasteiger charge is -2.15. The van der Waals surface area contributed by atoms with Gasteiger partial charge in [-0.2, -0.15) is 0 Å². The average molecular weight is 373 g/mol. The maximum atomic E-state index is 14.5. The summed E-state index contributed by atoms with van der Waals surface area (Å²) in [6.07, 6.45) is -0.401. The molecule has 3 aromatic carbocycles. The topological polar surface area (TPSA) is 58.5 Å². The molecular weight excluding hydrogens is 357 g/mol. The van der Waals surface area contributed by atoms with Gasteiger partial charge in [-0.25, -0.2) is 4.39 Å². The third-order valence-electron chi connectivity index (χ3n) is 5.37. The van der Waals surface area contributed by atoms with Crippen LogP contribution in [0.15, 0.2) is 83.9 Å². The van der Waals surface area contributed by atoms with Crippen molar-refractivity contribution in [1.82, 2.24) is 4.90 Å². The molecule has 1 fully saturated rings. The third-order valence-corrected chi connectivity index (χ3v) is 5.37. The van der Waals surface area contributed by atoms with Gasteiger partial charge in [0.05, 0.1) is 22.7 Å². The first-order valence-electron chi connectivity index (χ1n) is 9.04. The number of aliphatic imine (C=N–C) groups is 1. The van der Waals surface area contributed by atoms with Crippen molar-refractivity contribution in [3.8, 4) is 0 Å². The predicted octanol–water partition coefficient (Wildman–Crippen LogP) is 4.66. The molecule has 2 heterocycles. The van der Waals surface area contributed by atoms with Crippen LogP contribution in [0, 0.1) is 15.9 Å². The van der Waals surface area contributed by atoms with E-state index in [1.54, 1.807) is 24.3 Å². The van der Waals surface area contributed by atoms with Gasteiger partial charge in [0.1, 0.15) is 12.0 Å². The fourth-order valence-electron chi connectivity index (χ4n) is 4.03. The van der Waals surface area contributed by atoms with Crippen LogP contribution in [-0.4, -0.2) is 21.6 Å². The van der Waals surface area contributed by atoms with Gasteiger partial charge in [0.25, 0.3) is 5.69 Å². The lowest BCUT2D eigenvalue weighted by atomic mass is 10.0. The molecule has 0 radical (unpaired) electrons. The van der Waals surface area contributed by atoms with Crippen LogP contribution in [0.3, 0.4) is 0 Å². The second kappa shape index (κ2) is 6.35. The molecule has 2 aliphatic rings. The highest BCUT2D eigenvalue weighted by Gasteiger charge is 2.59. The van der Waals surface area contributed by atoms with E-state index in [4.69, 9.17) is 4.99 Å². The Labute approximate surface area is 160 Å². The zero-order valence-corrected chi connectivity index (χ0v) is 14.8. The van der Waals surface area contributed by atoms with Crippen LogP contribution in [0.2, 0.25) is 0 Å². The van der Waals surface area contributed by atoms with E-state index in [0.29, 0.717) is 5.56 Å². The Bertz CT molecular complexity index is 1080. The molecule has 5 rings (SSSR count). The van der Waals surface area contributed by atoms with Crippen molar-refractivity contribution in [2.75, 3.05) is 0 Å². The van der Waals surface area contributed by atoms with Crippen LogP contribution >= 0.6 is 0 Å². The summed E-state index contributed by atoms with van der Waals surface area (Å²) >= 11 is 0. The number of nitro groups is 1. The Morgan fingerprint density at radius 3 is 2.25 bits per heavy atom. The minimum absolute atomic E-state index is 0.0260. The van der Waals surface area contributed by atoms with Crippen molar-refractivity contribution < 1.29 is 9.31 Å². The van der Waals surface area contributed by atoms with Gasteiger partial charge in [0, 0.05) is 17.7 Å². The Morgan fingerprint density at radius 2 is 1.57 bits per heavy atom. The van der Waals surface area contributed by atoms with Gasteiger partial charge in [-0.3, -0.25) is 20.0 Å². The zero-order valence-electron chi connectivity index (χ0n) is 14.8. The maximum absolute atomic E-state index is 14.5. The molecule has 0 bridgehead atoms. The largest absolute Gasteiger partial charge is 0.269 e. The SMILES string of the molecule is O=[N+]([O-])c1ccc([C@@H]2[C@@H]3C(c4ccccc4)=N[C@@H](c4ccccc4F)N23)cc1. The molecule has 2 aliphatic heterocycles. The number of non-ortho nitro benzene ring substituents is 1. The van der Waals surface area contributed by atoms with Crippen molar-refractivity contribution in [3.05, 3.63) is 111 Å². The monoisotopic (exact) mass is 373 g/mol. The number of benzene rings is 3. The van der Waals surface area contributed by atoms with Crippen LogP contribution in [0.5, 0.6) is 0 Å². The maximum Gasteiger partial charge on any atom is 0.269 e. The highest BCUT2D eigenvalue weighted by Crippen LogP contribution is 2.56. The molecule has 0 N–H and O–H groups in total. The van der Waals surface area contributed by atoms with E-state index in [-0.39, 0.29) is 23.6 Å². The lowest BCUT2D eigenvalue weighted by molar-refractivity contribution is -0.384. The van der Waals surface area contributed by atoms with E-state index < -0.39 is 11.1 Å². The molecule has 0 spiro atoms. The van der Waals surface area contributed by atoms with Crippen LogP contribution in [0.1, 0.15) is 28.9 Å². The number of fused-ring (bicyclic) bond motifs is 1. The summed E-state index contributed by atoms with van der Waals surface area (Å²) in [7, 11) is 0. The van der Waals surface area contributed by atoms with Crippen LogP contribution in [-0.2, 0) is 0 Å². The molecule has 28 heavy (non-hydrogen) atoms. The Hall–Kier alpha value is -3.38. The highest BCUT2D eigenvalue weighted by molar-refractivity contribution is 6.08. The molecule has 138 valence electrons. The van der Waals surface area contributed by atoms with Gasteiger partial charge in [0.2, 0.25) is 0 Å². The quantitative estimate of drug-likeness (QED) is 0.380. The molecule has 0 saturated carbocycles. The predicted molar refractivity (Wildman–Crippen MR) is 104 cm³/mol. The fraction of sp³-hybridized carbons (Fsp3) is 0.136. The van der Waals surface area contributed by atoms with E-state index in [9.17, 15) is 14.5 Å². The van der Waals surface area contributed by atoms with E-state index >= 15 is 0 Å². The van der Waals surface area contributed by atoms with Crippen molar-refractivity contribution >= 4 is 11.4 Å². The van der Waals surface area contributed by atoms with Crippen LogP contribution in [0.25, 0.3) is 0 Å². The average Bonchev–Trinajstić information content (AvgIpc) is 3.33. The lowest BCUT2D eigenvalue weighted by Crippen LogP contribution is -2.09. The molecule has 1 saturated heterocycles. The molecule has 0 aromatic heterocycles. The molecule has 5 nitrogen and oxygen atoms in total. The van der Waals surface area contributed by atoms with Crippen molar-refractivity contribution in [3.63, 3.8) is 0 Å². The third kappa shape index (κ3) is 2.61. The highest BCUT2D eigenvalue weighted by atomic mass is 19.1. The molecule has 6 heteroatoms. The molecule has 0 aliphatic carbocycles. The van der Waals surface area contributed by atoms with Gasteiger partial charge in [0.15, 0.2) is 0 Å². The standard InChI is InChI=1S/C22H16FN3O2/c23-18-9-5-4-8-17(18)22-24-19(14-6-2-1-3-7-14)21-20(25(21)22)15-10-12-16(13-11-15)26(27)28/h1-13,20-22H/t20-,21+,22-,25?/m1/s1. The number of hydrogen-bond acceptors (Lipinski definition) is 4. The Kier molecular flexibility index (Phi) is 3.80. The van der Waals surface area contributed by atoms with Gasteiger partial charge in [-0.05, 0) is 17.2 Å². The molecule has 0 amide bonds. The first-order valence-corrected chi connectivity index (χ1v) is 9.04. The van der Waals surface area contributed by atoms with Gasteiger partial charge >= 0.3 is 0 Å². The number of hydrogen-bond donors (Lipinski definition) is 0. The van der Waals surface area contributed by atoms with Gasteiger partial charge < -0.3 is 0 Å². The minimum Gasteiger partial charge on any atom is -0.263 e.